The van der Waals surface area contributed by atoms with Crippen molar-refractivity contribution >= 4 is 5.91 Å². The summed E-state index contributed by atoms with van der Waals surface area (Å²) < 4.78 is 10.8. The molecule has 0 aliphatic rings. The summed E-state index contributed by atoms with van der Waals surface area (Å²) in [5, 5.41) is 0. The molecule has 0 radical (unpaired) electrons. The summed E-state index contributed by atoms with van der Waals surface area (Å²) in [6, 6.07) is 7.42. The molecule has 94 valence electrons. The second-order valence-corrected chi connectivity index (χ2v) is 3.43. The monoisotopic (exact) mass is 238 g/mol. The van der Waals surface area contributed by atoms with Gasteiger partial charge in [0.1, 0.15) is 11.5 Å². The zero-order chi connectivity index (χ0) is 12.5. The van der Waals surface area contributed by atoms with Gasteiger partial charge in [-0.2, -0.15) is 0 Å². The Labute approximate surface area is 101 Å². The van der Waals surface area contributed by atoms with Crippen molar-refractivity contribution in [2.75, 3.05) is 13.2 Å². The van der Waals surface area contributed by atoms with Crippen LogP contribution in [0.5, 0.6) is 11.5 Å². The molecule has 0 heterocycles. The van der Waals surface area contributed by atoms with Gasteiger partial charge in [0, 0.05) is 12.5 Å². The molecule has 0 saturated heterocycles. The molecule has 1 amide bonds. The Morgan fingerprint density at radius 2 is 2.06 bits per heavy atom. The summed E-state index contributed by atoms with van der Waals surface area (Å²) in [4.78, 5) is 10.9. The van der Waals surface area contributed by atoms with E-state index in [1.807, 2.05) is 31.2 Å². The third-order valence-electron chi connectivity index (χ3n) is 2.09. The fourth-order valence-electron chi connectivity index (χ4n) is 1.32. The molecule has 3 N–H and O–H groups in total. The van der Waals surface area contributed by atoms with Gasteiger partial charge in [0.15, 0.2) is 0 Å². The second kappa shape index (κ2) is 7.51. The zero-order valence-corrected chi connectivity index (χ0v) is 9.94. The molecule has 0 atom stereocenters. The lowest BCUT2D eigenvalue weighted by atomic mass is 10.3. The van der Waals surface area contributed by atoms with Crippen LogP contribution in [0.1, 0.15) is 19.8 Å². The third-order valence-corrected chi connectivity index (χ3v) is 2.09. The molecule has 0 bridgehead atoms. The minimum atomic E-state index is -0.184. The highest BCUT2D eigenvalue weighted by Gasteiger charge is 2.00. The van der Waals surface area contributed by atoms with Crippen LogP contribution in [0.25, 0.3) is 0 Å². The predicted molar refractivity (Wildman–Crippen MR) is 64.7 cm³/mol. The summed E-state index contributed by atoms with van der Waals surface area (Å²) in [6.45, 7) is 3.03. The van der Waals surface area contributed by atoms with E-state index in [9.17, 15) is 4.79 Å². The SMILES string of the molecule is CCOc1cccc(OCCCC(=O)NN)c1. The van der Waals surface area contributed by atoms with E-state index in [1.165, 1.54) is 0 Å². The highest BCUT2D eigenvalue weighted by molar-refractivity contribution is 5.75. The van der Waals surface area contributed by atoms with E-state index < -0.39 is 0 Å². The van der Waals surface area contributed by atoms with Crippen LogP contribution in [0.15, 0.2) is 24.3 Å². The van der Waals surface area contributed by atoms with E-state index in [0.717, 1.165) is 11.5 Å². The third kappa shape index (κ3) is 5.21. The Balaban J connectivity index is 2.31. The van der Waals surface area contributed by atoms with Gasteiger partial charge in [-0.15, -0.1) is 0 Å². The van der Waals surface area contributed by atoms with Crippen molar-refractivity contribution in [1.29, 1.82) is 0 Å². The van der Waals surface area contributed by atoms with Gasteiger partial charge < -0.3 is 9.47 Å². The normalized spacial score (nSPS) is 9.76. The van der Waals surface area contributed by atoms with Crippen molar-refractivity contribution < 1.29 is 14.3 Å². The van der Waals surface area contributed by atoms with Crippen LogP contribution in [0.3, 0.4) is 0 Å². The molecule has 0 aliphatic carbocycles. The number of rotatable bonds is 7. The molecule has 0 fully saturated rings. The molecule has 1 aromatic carbocycles. The van der Waals surface area contributed by atoms with E-state index in [0.29, 0.717) is 26.1 Å². The minimum absolute atomic E-state index is 0.184. The summed E-state index contributed by atoms with van der Waals surface area (Å²) in [6.07, 6.45) is 0.990. The first kappa shape index (κ1) is 13.3. The summed E-state index contributed by atoms with van der Waals surface area (Å²) in [7, 11) is 0. The number of nitrogens with two attached hydrogens (primary N) is 1. The minimum Gasteiger partial charge on any atom is -0.494 e. The lowest BCUT2D eigenvalue weighted by Gasteiger charge is -2.08. The first-order valence-corrected chi connectivity index (χ1v) is 5.61. The Bertz CT molecular complexity index is 355. The van der Waals surface area contributed by atoms with E-state index in [4.69, 9.17) is 15.3 Å². The topological polar surface area (TPSA) is 73.6 Å². The second-order valence-electron chi connectivity index (χ2n) is 3.43. The first-order chi connectivity index (χ1) is 8.26. The van der Waals surface area contributed by atoms with E-state index in [2.05, 4.69) is 5.43 Å². The smallest absolute Gasteiger partial charge is 0.234 e. The van der Waals surface area contributed by atoms with E-state index in [-0.39, 0.29) is 5.91 Å². The molecule has 1 rings (SSSR count). The van der Waals surface area contributed by atoms with Crippen LogP contribution in [0.2, 0.25) is 0 Å². The average Bonchev–Trinajstić information content (AvgIpc) is 2.35. The van der Waals surface area contributed by atoms with Gasteiger partial charge in [0.25, 0.3) is 0 Å². The van der Waals surface area contributed by atoms with Gasteiger partial charge >= 0.3 is 0 Å². The van der Waals surface area contributed by atoms with Gasteiger partial charge in [0.05, 0.1) is 13.2 Å². The summed E-state index contributed by atoms with van der Waals surface area (Å²) in [5.74, 6) is 6.30. The Morgan fingerprint density at radius 1 is 1.35 bits per heavy atom. The van der Waals surface area contributed by atoms with Crippen molar-refractivity contribution in [3.63, 3.8) is 0 Å². The van der Waals surface area contributed by atoms with Crippen molar-refractivity contribution in [2.45, 2.75) is 19.8 Å². The van der Waals surface area contributed by atoms with Gasteiger partial charge in [-0.1, -0.05) is 6.07 Å². The first-order valence-electron chi connectivity index (χ1n) is 5.61. The molecule has 0 aromatic heterocycles. The largest absolute Gasteiger partial charge is 0.494 e. The van der Waals surface area contributed by atoms with Crippen LogP contribution < -0.4 is 20.7 Å². The maximum absolute atomic E-state index is 10.9. The van der Waals surface area contributed by atoms with Gasteiger partial charge in [-0.3, -0.25) is 10.2 Å². The zero-order valence-electron chi connectivity index (χ0n) is 9.94. The lowest BCUT2D eigenvalue weighted by Crippen LogP contribution is -2.29. The highest BCUT2D eigenvalue weighted by atomic mass is 16.5. The predicted octanol–water partition coefficient (Wildman–Crippen LogP) is 1.23. The van der Waals surface area contributed by atoms with E-state index >= 15 is 0 Å². The van der Waals surface area contributed by atoms with Crippen molar-refractivity contribution in [1.82, 2.24) is 5.43 Å². The number of benzene rings is 1. The number of hydrazine groups is 1. The Kier molecular flexibility index (Phi) is 5.88. The summed E-state index contributed by atoms with van der Waals surface area (Å²) in [5.41, 5.74) is 2.07. The lowest BCUT2D eigenvalue weighted by molar-refractivity contribution is -0.121. The van der Waals surface area contributed by atoms with Gasteiger partial charge in [-0.25, -0.2) is 5.84 Å². The molecule has 5 heteroatoms. The number of hydrogen-bond donors (Lipinski definition) is 2. The number of nitrogens with one attached hydrogen (secondary N) is 1. The Hall–Kier alpha value is -1.75. The fraction of sp³-hybridized carbons (Fsp3) is 0.417. The molecule has 0 aliphatic heterocycles. The molecule has 0 saturated carbocycles. The number of hydrogen-bond acceptors (Lipinski definition) is 4. The highest BCUT2D eigenvalue weighted by Crippen LogP contribution is 2.19. The number of carbonyl (C=O) groups is 1. The van der Waals surface area contributed by atoms with Crippen LogP contribution in [-0.4, -0.2) is 19.1 Å². The molecule has 1 aromatic rings. The fourth-order valence-corrected chi connectivity index (χ4v) is 1.32. The van der Waals surface area contributed by atoms with Crippen LogP contribution in [-0.2, 0) is 4.79 Å². The molecular formula is C12H18N2O3. The molecule has 5 nitrogen and oxygen atoms in total. The molecule has 0 unspecified atom stereocenters. The quantitative estimate of drug-likeness (QED) is 0.324. The van der Waals surface area contributed by atoms with Crippen molar-refractivity contribution in [3.05, 3.63) is 24.3 Å². The van der Waals surface area contributed by atoms with Crippen molar-refractivity contribution in [2.24, 2.45) is 5.84 Å². The number of carbonyl (C=O) groups excluding carboxylic acids is 1. The standard InChI is InChI=1S/C12H18N2O3/c1-2-16-10-5-3-6-11(9-10)17-8-4-7-12(15)14-13/h3,5-6,9H,2,4,7-8,13H2,1H3,(H,14,15). The average molecular weight is 238 g/mol. The van der Waals surface area contributed by atoms with Crippen LogP contribution in [0.4, 0.5) is 0 Å². The molecule has 0 spiro atoms. The maximum atomic E-state index is 10.9. The van der Waals surface area contributed by atoms with Crippen LogP contribution in [0, 0.1) is 0 Å². The number of ether oxygens (including phenoxy) is 2. The van der Waals surface area contributed by atoms with Gasteiger partial charge in [0.2, 0.25) is 5.91 Å². The van der Waals surface area contributed by atoms with Crippen molar-refractivity contribution in [3.8, 4) is 11.5 Å². The van der Waals surface area contributed by atoms with Crippen LogP contribution >= 0.6 is 0 Å². The molecular weight excluding hydrogens is 220 g/mol. The Morgan fingerprint density at radius 3 is 2.71 bits per heavy atom. The van der Waals surface area contributed by atoms with Gasteiger partial charge in [-0.05, 0) is 25.5 Å². The number of amides is 1. The van der Waals surface area contributed by atoms with E-state index in [1.54, 1.807) is 0 Å². The summed E-state index contributed by atoms with van der Waals surface area (Å²) >= 11 is 0. The maximum Gasteiger partial charge on any atom is 0.234 e. The molecule has 17 heavy (non-hydrogen) atoms.